The predicted molar refractivity (Wildman–Crippen MR) is 67.2 cm³/mol. The lowest BCUT2D eigenvalue weighted by Gasteiger charge is -2.09. The molecule has 0 aromatic heterocycles. The summed E-state index contributed by atoms with van der Waals surface area (Å²) in [6.45, 7) is 0. The Morgan fingerprint density at radius 2 is 1.40 bits per heavy atom. The van der Waals surface area contributed by atoms with Crippen molar-refractivity contribution in [1.82, 2.24) is 0 Å². The SMILES string of the molecule is COc1ccc(OS(=O)(=O)c2c(F)cccc2F)cc1. The highest BCUT2D eigenvalue weighted by molar-refractivity contribution is 7.87. The third-order valence-electron chi connectivity index (χ3n) is 2.43. The summed E-state index contributed by atoms with van der Waals surface area (Å²) in [6, 6.07) is 8.30. The molecule has 0 aliphatic heterocycles. The highest BCUT2D eigenvalue weighted by Crippen LogP contribution is 2.24. The van der Waals surface area contributed by atoms with Crippen LogP contribution in [0.15, 0.2) is 47.4 Å². The molecule has 0 amide bonds. The van der Waals surface area contributed by atoms with Gasteiger partial charge in [-0.05, 0) is 36.4 Å². The van der Waals surface area contributed by atoms with E-state index in [-0.39, 0.29) is 5.75 Å². The van der Waals surface area contributed by atoms with Crippen molar-refractivity contribution in [3.8, 4) is 11.5 Å². The molecule has 0 aliphatic rings. The summed E-state index contributed by atoms with van der Waals surface area (Å²) in [7, 11) is -3.14. The summed E-state index contributed by atoms with van der Waals surface area (Å²) in [4.78, 5) is -1.11. The van der Waals surface area contributed by atoms with E-state index in [9.17, 15) is 17.2 Å². The minimum absolute atomic E-state index is 0.0755. The first-order valence-electron chi connectivity index (χ1n) is 5.46. The number of hydrogen-bond acceptors (Lipinski definition) is 4. The van der Waals surface area contributed by atoms with Crippen molar-refractivity contribution in [2.75, 3.05) is 7.11 Å². The van der Waals surface area contributed by atoms with Crippen LogP contribution in [0.4, 0.5) is 8.78 Å². The molecule has 2 aromatic rings. The van der Waals surface area contributed by atoms with Crippen LogP contribution in [-0.4, -0.2) is 15.5 Å². The van der Waals surface area contributed by atoms with Crippen LogP contribution in [0, 0.1) is 11.6 Å². The fourth-order valence-corrected chi connectivity index (χ4v) is 2.58. The lowest BCUT2D eigenvalue weighted by Crippen LogP contribution is -2.13. The molecular formula is C13H10F2O4S. The molecule has 0 radical (unpaired) electrons. The van der Waals surface area contributed by atoms with Crippen LogP contribution in [0.25, 0.3) is 0 Å². The summed E-state index contributed by atoms with van der Waals surface area (Å²) >= 11 is 0. The summed E-state index contributed by atoms with van der Waals surface area (Å²) in [5.41, 5.74) is 0. The van der Waals surface area contributed by atoms with Gasteiger partial charge in [0.15, 0.2) is 4.90 Å². The van der Waals surface area contributed by atoms with Crippen molar-refractivity contribution < 1.29 is 26.1 Å². The normalized spacial score (nSPS) is 11.2. The maximum Gasteiger partial charge on any atom is 0.345 e. The molecule has 0 atom stereocenters. The van der Waals surface area contributed by atoms with E-state index in [0.717, 1.165) is 18.2 Å². The molecule has 0 bridgehead atoms. The Hall–Kier alpha value is -2.15. The van der Waals surface area contributed by atoms with Gasteiger partial charge < -0.3 is 8.92 Å². The molecule has 0 heterocycles. The molecule has 106 valence electrons. The first-order chi connectivity index (χ1) is 9.44. The Kier molecular flexibility index (Phi) is 3.89. The van der Waals surface area contributed by atoms with Gasteiger partial charge in [0.1, 0.15) is 23.1 Å². The second-order valence-corrected chi connectivity index (χ2v) is 5.25. The standard InChI is InChI=1S/C13H10F2O4S/c1-18-9-5-7-10(8-6-9)19-20(16,17)13-11(14)3-2-4-12(13)15/h2-8H,1H3. The van der Waals surface area contributed by atoms with E-state index < -0.39 is 26.6 Å². The van der Waals surface area contributed by atoms with Gasteiger partial charge in [-0.2, -0.15) is 8.42 Å². The monoisotopic (exact) mass is 300 g/mol. The minimum Gasteiger partial charge on any atom is -0.497 e. The fourth-order valence-electron chi connectivity index (χ4n) is 1.52. The van der Waals surface area contributed by atoms with Gasteiger partial charge >= 0.3 is 10.1 Å². The van der Waals surface area contributed by atoms with Crippen LogP contribution in [0.3, 0.4) is 0 Å². The van der Waals surface area contributed by atoms with E-state index in [1.165, 1.54) is 31.4 Å². The Morgan fingerprint density at radius 1 is 0.900 bits per heavy atom. The third-order valence-corrected chi connectivity index (χ3v) is 3.74. The largest absolute Gasteiger partial charge is 0.497 e. The number of rotatable bonds is 4. The lowest BCUT2D eigenvalue weighted by molar-refractivity contribution is 0.413. The van der Waals surface area contributed by atoms with Crippen molar-refractivity contribution in [3.05, 3.63) is 54.1 Å². The first kappa shape index (κ1) is 14.3. The molecule has 2 aromatic carbocycles. The van der Waals surface area contributed by atoms with E-state index in [2.05, 4.69) is 4.18 Å². The van der Waals surface area contributed by atoms with Gasteiger partial charge in [-0.25, -0.2) is 8.78 Å². The molecule has 0 unspecified atom stereocenters. The summed E-state index contributed by atoms with van der Waals surface area (Å²) in [6.07, 6.45) is 0. The molecule has 2 rings (SSSR count). The number of halogens is 2. The molecule has 0 saturated heterocycles. The molecular weight excluding hydrogens is 290 g/mol. The van der Waals surface area contributed by atoms with Gasteiger partial charge in [0.2, 0.25) is 0 Å². The second kappa shape index (κ2) is 5.46. The van der Waals surface area contributed by atoms with Crippen LogP contribution in [0.1, 0.15) is 0 Å². The van der Waals surface area contributed by atoms with Gasteiger partial charge in [-0.15, -0.1) is 0 Å². The zero-order chi connectivity index (χ0) is 14.8. The number of hydrogen-bond donors (Lipinski definition) is 0. The molecule has 0 saturated carbocycles. The Bertz CT molecular complexity index is 691. The zero-order valence-corrected chi connectivity index (χ0v) is 11.2. The average molecular weight is 300 g/mol. The smallest absolute Gasteiger partial charge is 0.345 e. The molecule has 0 N–H and O–H groups in total. The Labute approximate surface area is 114 Å². The topological polar surface area (TPSA) is 52.6 Å². The number of benzene rings is 2. The number of ether oxygens (including phenoxy) is 1. The van der Waals surface area contributed by atoms with E-state index in [4.69, 9.17) is 4.74 Å². The van der Waals surface area contributed by atoms with Crippen LogP contribution < -0.4 is 8.92 Å². The van der Waals surface area contributed by atoms with Crippen molar-refractivity contribution in [2.45, 2.75) is 4.90 Å². The molecule has 0 spiro atoms. The Morgan fingerprint density at radius 3 is 1.90 bits per heavy atom. The van der Waals surface area contributed by atoms with Crippen molar-refractivity contribution in [3.63, 3.8) is 0 Å². The van der Waals surface area contributed by atoms with Crippen molar-refractivity contribution in [2.24, 2.45) is 0 Å². The van der Waals surface area contributed by atoms with Crippen LogP contribution in [0.2, 0.25) is 0 Å². The quantitative estimate of drug-likeness (QED) is 0.815. The number of methoxy groups -OCH3 is 1. The van der Waals surface area contributed by atoms with Gasteiger partial charge in [-0.1, -0.05) is 6.07 Å². The van der Waals surface area contributed by atoms with E-state index >= 15 is 0 Å². The predicted octanol–water partition coefficient (Wildman–Crippen LogP) is 2.74. The molecule has 20 heavy (non-hydrogen) atoms. The van der Waals surface area contributed by atoms with E-state index in [0.29, 0.717) is 5.75 Å². The Balaban J connectivity index is 2.35. The van der Waals surface area contributed by atoms with Crippen LogP contribution in [-0.2, 0) is 10.1 Å². The minimum atomic E-state index is -4.59. The highest BCUT2D eigenvalue weighted by atomic mass is 32.2. The van der Waals surface area contributed by atoms with Crippen LogP contribution >= 0.6 is 0 Å². The maximum atomic E-state index is 13.4. The van der Waals surface area contributed by atoms with Gasteiger partial charge in [-0.3, -0.25) is 0 Å². The summed E-state index contributed by atoms with van der Waals surface area (Å²) in [5, 5.41) is 0. The molecule has 0 aliphatic carbocycles. The highest BCUT2D eigenvalue weighted by Gasteiger charge is 2.25. The molecule has 0 fully saturated rings. The lowest BCUT2D eigenvalue weighted by atomic mass is 10.3. The third kappa shape index (κ3) is 2.88. The van der Waals surface area contributed by atoms with Gasteiger partial charge in [0.25, 0.3) is 0 Å². The van der Waals surface area contributed by atoms with E-state index in [1.54, 1.807) is 0 Å². The van der Waals surface area contributed by atoms with E-state index in [1.807, 2.05) is 0 Å². The zero-order valence-electron chi connectivity index (χ0n) is 10.3. The van der Waals surface area contributed by atoms with Crippen molar-refractivity contribution >= 4 is 10.1 Å². The van der Waals surface area contributed by atoms with Gasteiger partial charge in [0, 0.05) is 0 Å². The summed E-state index contributed by atoms with van der Waals surface area (Å²) < 4.78 is 60.2. The van der Waals surface area contributed by atoms with Gasteiger partial charge in [0.05, 0.1) is 7.11 Å². The van der Waals surface area contributed by atoms with Crippen molar-refractivity contribution in [1.29, 1.82) is 0 Å². The fraction of sp³-hybridized carbons (Fsp3) is 0.0769. The molecule has 4 nitrogen and oxygen atoms in total. The van der Waals surface area contributed by atoms with Crippen LogP contribution in [0.5, 0.6) is 11.5 Å². The summed E-state index contributed by atoms with van der Waals surface area (Å²) in [5.74, 6) is -2.00. The molecule has 7 heteroatoms. The first-order valence-corrected chi connectivity index (χ1v) is 6.87. The maximum absolute atomic E-state index is 13.4. The average Bonchev–Trinajstić information content (AvgIpc) is 2.38. The second-order valence-electron chi connectivity index (χ2n) is 3.76.